The van der Waals surface area contributed by atoms with E-state index in [2.05, 4.69) is 33.2 Å². The van der Waals surface area contributed by atoms with Gasteiger partial charge in [-0.2, -0.15) is 10.1 Å². The Hall–Kier alpha value is -2.15. The van der Waals surface area contributed by atoms with Gasteiger partial charge in [-0.1, -0.05) is 12.2 Å². The molecule has 2 bridgehead atoms. The van der Waals surface area contributed by atoms with Gasteiger partial charge in [-0.3, -0.25) is 9.59 Å². The number of rotatable bonds is 4. The molecule has 1 aliphatic heterocycles. The molecule has 4 aliphatic rings. The Morgan fingerprint density at radius 2 is 1.67 bits per heavy atom. The predicted molar refractivity (Wildman–Crippen MR) is 101 cm³/mol. The van der Waals surface area contributed by atoms with E-state index in [1.807, 2.05) is 0 Å². The summed E-state index contributed by atoms with van der Waals surface area (Å²) in [4.78, 5) is 25.9. The number of hydrogen-bond donors (Lipinski definition) is 0. The van der Waals surface area contributed by atoms with E-state index in [9.17, 15) is 9.59 Å². The Bertz CT molecular complexity index is 887. The lowest BCUT2D eigenvalue weighted by Crippen LogP contribution is -2.30. The van der Waals surface area contributed by atoms with E-state index in [1.165, 1.54) is 6.21 Å². The van der Waals surface area contributed by atoms with Gasteiger partial charge >= 0.3 is 0 Å². The fraction of sp³-hybridized carbons (Fsp3) is 0.450. The number of amides is 2. The van der Waals surface area contributed by atoms with Gasteiger partial charge in [0.1, 0.15) is 11.5 Å². The maximum absolute atomic E-state index is 12.9. The fourth-order valence-corrected chi connectivity index (χ4v) is 5.80. The van der Waals surface area contributed by atoms with E-state index in [0.717, 1.165) is 22.3 Å². The van der Waals surface area contributed by atoms with Gasteiger partial charge < -0.3 is 9.47 Å². The number of nitrogens with zero attached hydrogens (tertiary/aromatic N) is 2. The molecule has 0 unspecified atom stereocenters. The second-order valence-corrected chi connectivity index (χ2v) is 8.54. The molecule has 3 aliphatic carbocycles. The highest BCUT2D eigenvalue weighted by molar-refractivity contribution is 9.10. The normalized spacial score (nSPS) is 32.0. The summed E-state index contributed by atoms with van der Waals surface area (Å²) in [6.45, 7) is 0. The summed E-state index contributed by atoms with van der Waals surface area (Å²) >= 11 is 3.43. The van der Waals surface area contributed by atoms with Crippen LogP contribution in [0.15, 0.2) is 33.9 Å². The summed E-state index contributed by atoms with van der Waals surface area (Å²) < 4.78 is 11.4. The minimum atomic E-state index is -0.239. The minimum Gasteiger partial charge on any atom is -0.496 e. The number of hydrazone groups is 1. The minimum absolute atomic E-state index is 0.170. The number of carbonyl (C=O) groups is 2. The van der Waals surface area contributed by atoms with Crippen molar-refractivity contribution in [1.82, 2.24) is 5.01 Å². The number of methoxy groups -OCH3 is 2. The zero-order chi connectivity index (χ0) is 18.9. The van der Waals surface area contributed by atoms with Gasteiger partial charge in [0.15, 0.2) is 0 Å². The van der Waals surface area contributed by atoms with Crippen molar-refractivity contribution in [3.63, 3.8) is 0 Å². The Morgan fingerprint density at radius 1 is 1.07 bits per heavy atom. The Labute approximate surface area is 165 Å². The molecule has 1 heterocycles. The van der Waals surface area contributed by atoms with Crippen molar-refractivity contribution in [2.45, 2.75) is 12.8 Å². The van der Waals surface area contributed by atoms with Crippen LogP contribution in [0.3, 0.4) is 0 Å². The summed E-state index contributed by atoms with van der Waals surface area (Å²) in [6.07, 6.45) is 8.07. The van der Waals surface area contributed by atoms with Crippen molar-refractivity contribution in [3.8, 4) is 11.5 Å². The van der Waals surface area contributed by atoms with Crippen molar-refractivity contribution in [3.05, 3.63) is 34.3 Å². The third kappa shape index (κ3) is 2.15. The molecule has 1 saturated heterocycles. The quantitative estimate of drug-likeness (QED) is 0.418. The van der Waals surface area contributed by atoms with Crippen LogP contribution >= 0.6 is 15.9 Å². The fourth-order valence-electron chi connectivity index (χ4n) is 5.28. The highest BCUT2D eigenvalue weighted by atomic mass is 79.9. The van der Waals surface area contributed by atoms with Crippen molar-refractivity contribution in [2.24, 2.45) is 34.2 Å². The summed E-state index contributed by atoms with van der Waals surface area (Å²) in [5.41, 5.74) is 0.850. The lowest BCUT2D eigenvalue weighted by Gasteiger charge is -2.18. The van der Waals surface area contributed by atoms with Crippen LogP contribution in [0.4, 0.5) is 0 Å². The number of halogens is 1. The first-order valence-electron chi connectivity index (χ1n) is 9.03. The third-order valence-electron chi connectivity index (χ3n) is 6.65. The molecule has 0 aromatic heterocycles. The van der Waals surface area contributed by atoms with Crippen LogP contribution in [0, 0.1) is 29.1 Å². The van der Waals surface area contributed by atoms with E-state index >= 15 is 0 Å². The Balaban J connectivity index is 1.44. The van der Waals surface area contributed by atoms with Gasteiger partial charge in [0.2, 0.25) is 0 Å². The molecule has 6 nitrogen and oxygen atoms in total. The standard InChI is InChI=1S/C20H19BrN2O4/c1-26-14-8-15(27-2)13(21)7-10(14)9-22-23-18(24)16-11-3-4-12(17(16)19(23)25)20(11)5-6-20/h3-4,7-9,11-12,16-17H,5-6H2,1-2H3/t11-,12-,16+,17+/m1/s1. The molecule has 1 spiro atoms. The van der Waals surface area contributed by atoms with Crippen molar-refractivity contribution in [2.75, 3.05) is 14.2 Å². The number of allylic oxidation sites excluding steroid dienone is 2. The molecule has 0 radical (unpaired) electrons. The van der Waals surface area contributed by atoms with Gasteiger partial charge in [-0.15, -0.1) is 0 Å². The summed E-state index contributed by atoms with van der Waals surface area (Å²) in [5.74, 6) is 0.767. The molecule has 2 amide bonds. The van der Waals surface area contributed by atoms with Crippen LogP contribution in [0.5, 0.6) is 11.5 Å². The van der Waals surface area contributed by atoms with Crippen LogP contribution < -0.4 is 9.47 Å². The van der Waals surface area contributed by atoms with Crippen molar-refractivity contribution in [1.29, 1.82) is 0 Å². The van der Waals surface area contributed by atoms with E-state index in [1.54, 1.807) is 26.4 Å². The molecule has 5 rings (SSSR count). The Kier molecular flexibility index (Phi) is 3.57. The van der Waals surface area contributed by atoms with Gasteiger partial charge in [0.25, 0.3) is 11.8 Å². The number of imide groups is 1. The van der Waals surface area contributed by atoms with Crippen LogP contribution in [-0.2, 0) is 9.59 Å². The van der Waals surface area contributed by atoms with Gasteiger partial charge in [-0.25, -0.2) is 0 Å². The number of hydrogen-bond acceptors (Lipinski definition) is 5. The van der Waals surface area contributed by atoms with Crippen LogP contribution in [0.1, 0.15) is 18.4 Å². The van der Waals surface area contributed by atoms with E-state index < -0.39 is 0 Å². The number of benzene rings is 1. The van der Waals surface area contributed by atoms with Gasteiger partial charge in [0.05, 0.1) is 36.7 Å². The zero-order valence-corrected chi connectivity index (χ0v) is 16.6. The average Bonchev–Trinajstić information content (AvgIpc) is 3.27. The first kappa shape index (κ1) is 17.0. The number of carbonyl (C=O) groups excluding carboxylic acids is 2. The first-order chi connectivity index (χ1) is 13.0. The predicted octanol–water partition coefficient (Wildman–Crippen LogP) is 3.00. The summed E-state index contributed by atoms with van der Waals surface area (Å²) in [5, 5.41) is 5.31. The molecule has 1 aromatic rings. The monoisotopic (exact) mass is 430 g/mol. The molecular formula is C20H19BrN2O4. The largest absolute Gasteiger partial charge is 0.496 e. The second-order valence-electron chi connectivity index (χ2n) is 7.68. The summed E-state index contributed by atoms with van der Waals surface area (Å²) in [7, 11) is 3.12. The number of fused-ring (bicyclic) bond motifs is 3. The highest BCUT2D eigenvalue weighted by Gasteiger charge is 2.73. The SMILES string of the molecule is COc1cc(OC)c(C=NN2C(=O)[C@@H]3[C@@H](C2=O)[C@H]2C=C[C@H]3C23CC3)cc1Br. The average molecular weight is 431 g/mol. The molecule has 140 valence electrons. The van der Waals surface area contributed by atoms with Gasteiger partial charge in [-0.05, 0) is 52.1 Å². The molecule has 1 aromatic carbocycles. The number of ether oxygens (including phenoxy) is 2. The molecular weight excluding hydrogens is 412 g/mol. The molecule has 2 saturated carbocycles. The second kappa shape index (κ2) is 5.67. The van der Waals surface area contributed by atoms with Crippen molar-refractivity contribution >= 4 is 34.0 Å². The van der Waals surface area contributed by atoms with Gasteiger partial charge in [0, 0.05) is 11.6 Å². The molecule has 3 fully saturated rings. The summed E-state index contributed by atoms with van der Waals surface area (Å²) in [6, 6.07) is 3.52. The van der Waals surface area contributed by atoms with E-state index in [4.69, 9.17) is 9.47 Å². The lowest BCUT2D eigenvalue weighted by atomic mass is 9.85. The van der Waals surface area contributed by atoms with Crippen LogP contribution in [0.25, 0.3) is 0 Å². The van der Waals surface area contributed by atoms with Crippen LogP contribution in [-0.4, -0.2) is 37.3 Å². The third-order valence-corrected chi connectivity index (χ3v) is 7.27. The molecule has 27 heavy (non-hydrogen) atoms. The zero-order valence-electron chi connectivity index (χ0n) is 15.0. The van der Waals surface area contributed by atoms with E-state index in [0.29, 0.717) is 17.1 Å². The molecule has 7 heteroatoms. The van der Waals surface area contributed by atoms with Crippen LogP contribution in [0.2, 0.25) is 0 Å². The Morgan fingerprint density at radius 3 is 2.19 bits per heavy atom. The molecule has 0 N–H and O–H groups in total. The maximum atomic E-state index is 12.9. The highest BCUT2D eigenvalue weighted by Crippen LogP contribution is 2.73. The topological polar surface area (TPSA) is 68.2 Å². The van der Waals surface area contributed by atoms with Crippen molar-refractivity contribution < 1.29 is 19.1 Å². The first-order valence-corrected chi connectivity index (χ1v) is 9.83. The smallest absolute Gasteiger partial charge is 0.254 e. The maximum Gasteiger partial charge on any atom is 0.254 e. The van der Waals surface area contributed by atoms with E-state index in [-0.39, 0.29) is 40.9 Å². The molecule has 4 atom stereocenters. The lowest BCUT2D eigenvalue weighted by molar-refractivity contribution is -0.141.